The van der Waals surface area contributed by atoms with Crippen molar-refractivity contribution in [3.05, 3.63) is 0 Å². The Morgan fingerprint density at radius 1 is 0.609 bits per heavy atom. The number of rotatable bonds is 9. The zero-order valence-corrected chi connectivity index (χ0v) is 18.4. The molecule has 0 aliphatic heterocycles. The van der Waals surface area contributed by atoms with Crippen LogP contribution in [0.5, 0.6) is 0 Å². The fraction of sp³-hybridized carbons (Fsp3) is 1.00. The van der Waals surface area contributed by atoms with E-state index in [1.165, 1.54) is 32.2 Å². The molecule has 0 aromatic heterocycles. The Labute approximate surface area is 149 Å². The van der Waals surface area contributed by atoms with E-state index >= 15 is 0 Å². The molecule has 0 saturated heterocycles. The van der Waals surface area contributed by atoms with Crippen LogP contribution in [0.3, 0.4) is 0 Å². The second-order valence-electron chi connectivity index (χ2n) is 6.87. The van der Waals surface area contributed by atoms with Gasteiger partial charge in [0.05, 0.1) is 0 Å². The van der Waals surface area contributed by atoms with Crippen molar-refractivity contribution in [2.75, 3.05) is 54.9 Å². The van der Waals surface area contributed by atoms with Crippen molar-refractivity contribution in [3.63, 3.8) is 0 Å². The molecule has 0 aliphatic carbocycles. The van der Waals surface area contributed by atoms with Crippen molar-refractivity contribution in [1.82, 2.24) is 14.7 Å². The summed E-state index contributed by atoms with van der Waals surface area (Å²) in [6, 6.07) is 0.787. The summed E-state index contributed by atoms with van der Waals surface area (Å²) in [5.41, 5.74) is 0. The SMILES string of the molecule is CCC(CC)CN(C)C.CCC(CC)N(C)C.CCN(C)CC. The van der Waals surface area contributed by atoms with Crippen molar-refractivity contribution in [3.8, 4) is 0 Å². The molecule has 0 aromatic rings. The van der Waals surface area contributed by atoms with Gasteiger partial charge in [0.15, 0.2) is 0 Å². The van der Waals surface area contributed by atoms with E-state index in [4.69, 9.17) is 0 Å². The maximum Gasteiger partial charge on any atom is 0.00839 e. The molecule has 0 radical (unpaired) electrons. The smallest absolute Gasteiger partial charge is 0.00839 e. The van der Waals surface area contributed by atoms with Crippen LogP contribution in [0.2, 0.25) is 0 Å². The van der Waals surface area contributed by atoms with Crippen LogP contribution in [-0.4, -0.2) is 75.6 Å². The third-order valence-corrected chi connectivity index (χ3v) is 4.53. The lowest BCUT2D eigenvalue weighted by atomic mass is 10.0. The average Bonchev–Trinajstić information content (AvgIpc) is 2.53. The van der Waals surface area contributed by atoms with Crippen molar-refractivity contribution in [2.45, 2.75) is 73.3 Å². The van der Waals surface area contributed by atoms with E-state index in [2.05, 4.69) is 91.5 Å². The predicted octanol–water partition coefficient (Wildman–Crippen LogP) is 4.68. The molecule has 0 atom stereocenters. The van der Waals surface area contributed by atoms with Gasteiger partial charge in [0.1, 0.15) is 0 Å². The molecule has 0 fully saturated rings. The first kappa shape index (κ1) is 27.7. The normalized spacial score (nSPS) is 11.0. The maximum atomic E-state index is 2.28. The van der Waals surface area contributed by atoms with Gasteiger partial charge in [-0.2, -0.15) is 0 Å². The van der Waals surface area contributed by atoms with E-state index in [-0.39, 0.29) is 0 Å². The van der Waals surface area contributed by atoms with Crippen LogP contribution in [0.4, 0.5) is 0 Å². The Morgan fingerprint density at radius 3 is 1.04 bits per heavy atom. The number of hydrogen-bond donors (Lipinski definition) is 0. The summed E-state index contributed by atoms with van der Waals surface area (Å²) < 4.78 is 0. The van der Waals surface area contributed by atoms with E-state index in [1.807, 2.05) is 0 Å². The fourth-order valence-corrected chi connectivity index (χ4v) is 2.31. The van der Waals surface area contributed by atoms with E-state index in [0.717, 1.165) is 25.0 Å². The highest BCUT2D eigenvalue weighted by Crippen LogP contribution is 2.07. The predicted molar refractivity (Wildman–Crippen MR) is 110 cm³/mol. The van der Waals surface area contributed by atoms with Crippen LogP contribution in [0, 0.1) is 5.92 Å². The van der Waals surface area contributed by atoms with Gasteiger partial charge in [-0.1, -0.05) is 54.4 Å². The van der Waals surface area contributed by atoms with E-state index in [9.17, 15) is 0 Å². The maximum absolute atomic E-state index is 2.28. The van der Waals surface area contributed by atoms with E-state index in [1.54, 1.807) is 0 Å². The molecule has 0 spiro atoms. The summed E-state index contributed by atoms with van der Waals surface area (Å²) in [5, 5.41) is 0. The van der Waals surface area contributed by atoms with Gasteiger partial charge in [-0.15, -0.1) is 0 Å². The zero-order chi connectivity index (χ0) is 18.8. The molecule has 3 heteroatoms. The lowest BCUT2D eigenvalue weighted by Crippen LogP contribution is -2.25. The average molecular weight is 332 g/mol. The zero-order valence-electron chi connectivity index (χ0n) is 18.4. The molecule has 0 heterocycles. The Bertz CT molecular complexity index is 193. The first-order chi connectivity index (χ1) is 10.7. The summed E-state index contributed by atoms with van der Waals surface area (Å²) in [6.07, 6.45) is 5.16. The molecule has 0 bridgehead atoms. The topological polar surface area (TPSA) is 9.72 Å². The van der Waals surface area contributed by atoms with Gasteiger partial charge < -0.3 is 14.7 Å². The minimum atomic E-state index is 0.787. The molecule has 0 amide bonds. The van der Waals surface area contributed by atoms with Crippen molar-refractivity contribution in [1.29, 1.82) is 0 Å². The summed E-state index contributed by atoms with van der Waals surface area (Å²) in [7, 11) is 10.7. The van der Waals surface area contributed by atoms with Crippen LogP contribution >= 0.6 is 0 Å². The van der Waals surface area contributed by atoms with Gasteiger partial charge in [-0.25, -0.2) is 0 Å². The molecule has 0 unspecified atom stereocenters. The van der Waals surface area contributed by atoms with Gasteiger partial charge >= 0.3 is 0 Å². The molecule has 0 rings (SSSR count). The van der Waals surface area contributed by atoms with E-state index < -0.39 is 0 Å². The Hall–Kier alpha value is -0.120. The summed E-state index contributed by atoms with van der Waals surface area (Å²) in [5.74, 6) is 0.903. The molecule has 0 aromatic carbocycles. The highest BCUT2D eigenvalue weighted by Gasteiger charge is 2.03. The second-order valence-corrected chi connectivity index (χ2v) is 6.87. The quantitative estimate of drug-likeness (QED) is 0.607. The minimum Gasteiger partial charge on any atom is -0.309 e. The molecule has 0 aliphatic rings. The number of hydrogen-bond acceptors (Lipinski definition) is 3. The van der Waals surface area contributed by atoms with Crippen molar-refractivity contribution < 1.29 is 0 Å². The van der Waals surface area contributed by atoms with Crippen LogP contribution in [0.25, 0.3) is 0 Å². The molecule has 0 N–H and O–H groups in total. The minimum absolute atomic E-state index is 0.787. The summed E-state index contributed by atoms with van der Waals surface area (Å²) in [6.45, 7) is 16.9. The van der Waals surface area contributed by atoms with Gasteiger partial charge in [-0.05, 0) is 67.1 Å². The van der Waals surface area contributed by atoms with Crippen LogP contribution in [-0.2, 0) is 0 Å². The van der Waals surface area contributed by atoms with Crippen molar-refractivity contribution in [2.24, 2.45) is 5.92 Å². The van der Waals surface area contributed by atoms with Crippen molar-refractivity contribution >= 4 is 0 Å². The fourth-order valence-electron chi connectivity index (χ4n) is 2.31. The molecular formula is C20H49N3. The Balaban J connectivity index is -0.000000266. The van der Waals surface area contributed by atoms with Gasteiger partial charge in [0.2, 0.25) is 0 Å². The second kappa shape index (κ2) is 19.9. The van der Waals surface area contributed by atoms with Gasteiger partial charge in [0, 0.05) is 12.6 Å². The molecule has 0 saturated carbocycles. The van der Waals surface area contributed by atoms with E-state index in [0.29, 0.717) is 0 Å². The summed E-state index contributed by atoms with van der Waals surface area (Å²) >= 11 is 0. The lowest BCUT2D eigenvalue weighted by Gasteiger charge is -2.20. The van der Waals surface area contributed by atoms with Gasteiger partial charge in [-0.3, -0.25) is 0 Å². The largest absolute Gasteiger partial charge is 0.309 e. The number of nitrogens with zero attached hydrogens (tertiary/aromatic N) is 3. The van der Waals surface area contributed by atoms with Crippen LogP contribution < -0.4 is 0 Å². The monoisotopic (exact) mass is 331 g/mol. The third kappa shape index (κ3) is 21.9. The Morgan fingerprint density at radius 2 is 1.00 bits per heavy atom. The van der Waals surface area contributed by atoms with Crippen LogP contribution in [0.1, 0.15) is 67.2 Å². The van der Waals surface area contributed by atoms with Crippen LogP contribution in [0.15, 0.2) is 0 Å². The lowest BCUT2D eigenvalue weighted by molar-refractivity contribution is 0.279. The highest BCUT2D eigenvalue weighted by atomic mass is 15.1. The summed E-state index contributed by atoms with van der Waals surface area (Å²) in [4.78, 5) is 6.79. The first-order valence-corrected chi connectivity index (χ1v) is 9.73. The van der Waals surface area contributed by atoms with Gasteiger partial charge in [0.25, 0.3) is 0 Å². The molecule has 144 valence electrons. The standard InChI is InChI=1S/C8H19N.C7H17N.C5H13N/c1-5-8(6-2)7-9(3)4;1-5-7(6-2)8(3)4;1-4-6(3)5-2/h8H,5-7H2,1-4H3;7H,5-6H2,1-4H3;4-5H2,1-3H3. The third-order valence-electron chi connectivity index (χ3n) is 4.53. The first-order valence-electron chi connectivity index (χ1n) is 9.73. The molecule has 3 nitrogen and oxygen atoms in total. The molecule has 23 heavy (non-hydrogen) atoms. The highest BCUT2D eigenvalue weighted by molar-refractivity contribution is 4.59. The molecular weight excluding hydrogens is 282 g/mol. The Kier molecular flexibility index (Phi) is 24.0.